The summed E-state index contributed by atoms with van der Waals surface area (Å²) in [5.74, 6) is 0. The molecule has 7 aromatic carbocycles. The summed E-state index contributed by atoms with van der Waals surface area (Å²) in [6.07, 6.45) is 0. The molecule has 0 fully saturated rings. The zero-order valence-corrected chi connectivity index (χ0v) is 25.8. The largest absolute Gasteiger partial charge is 0.309 e. The summed E-state index contributed by atoms with van der Waals surface area (Å²) in [6.45, 7) is 16.3. The van der Waals surface area contributed by atoms with Crippen LogP contribution in [0.1, 0.15) is 0 Å². The van der Waals surface area contributed by atoms with Gasteiger partial charge in [-0.3, -0.25) is 4.85 Å². The summed E-state index contributed by atoms with van der Waals surface area (Å²) < 4.78 is 4.58. The number of fused-ring (bicyclic) bond motifs is 6. The number of hydrogen-bond acceptors (Lipinski definition) is 0. The summed E-state index contributed by atoms with van der Waals surface area (Å²) in [7, 11) is 0. The summed E-state index contributed by atoms with van der Waals surface area (Å²) in [6, 6.07) is 54.5. The molecule has 0 atom stereocenters. The van der Waals surface area contributed by atoms with Crippen LogP contribution in [-0.4, -0.2) is 9.13 Å². The highest BCUT2D eigenvalue weighted by Gasteiger charge is 2.20. The van der Waals surface area contributed by atoms with Crippen molar-refractivity contribution in [3.8, 4) is 33.6 Å². The van der Waals surface area contributed by atoms with Crippen LogP contribution in [0.15, 0.2) is 158 Å². The predicted octanol–water partition coefficient (Wildman–Crippen LogP) is 12.3. The number of benzene rings is 7. The summed E-state index contributed by atoms with van der Waals surface area (Å²) in [4.78, 5) is 7.83. The van der Waals surface area contributed by atoms with Gasteiger partial charge >= 0.3 is 0 Å². The highest BCUT2D eigenvalue weighted by Crippen LogP contribution is 2.46. The Kier molecular flexibility index (Phi) is 6.22. The Morgan fingerprint density at radius 1 is 0.396 bits per heavy atom. The molecule has 0 saturated heterocycles. The van der Waals surface area contributed by atoms with Crippen LogP contribution in [0.2, 0.25) is 0 Å². The quantitative estimate of drug-likeness (QED) is 0.177. The summed E-state index contributed by atoms with van der Waals surface area (Å²) in [5.41, 5.74) is 10.7. The third-order valence-electron chi connectivity index (χ3n) is 9.36. The van der Waals surface area contributed by atoms with Gasteiger partial charge in [0.25, 0.3) is 0 Å². The Bertz CT molecular complexity index is 2710. The van der Waals surface area contributed by atoms with E-state index >= 15 is 0 Å². The minimum Gasteiger partial charge on any atom is -0.309 e. The summed E-state index contributed by atoms with van der Waals surface area (Å²) in [5, 5.41) is 4.76. The molecule has 4 nitrogen and oxygen atoms in total. The van der Waals surface area contributed by atoms with Gasteiger partial charge in [0.15, 0.2) is 5.69 Å². The molecule has 0 saturated carbocycles. The Balaban J connectivity index is 1.28. The van der Waals surface area contributed by atoms with Gasteiger partial charge in [-0.15, -0.1) is 0 Å². The molecule has 0 aliphatic carbocycles. The highest BCUT2D eigenvalue weighted by molar-refractivity contribution is 6.11. The van der Waals surface area contributed by atoms with E-state index in [1.54, 1.807) is 0 Å². The third-order valence-corrected chi connectivity index (χ3v) is 9.36. The first-order chi connectivity index (χ1) is 23.7. The Morgan fingerprint density at radius 3 is 1.48 bits per heavy atom. The van der Waals surface area contributed by atoms with E-state index in [2.05, 4.69) is 158 Å². The van der Waals surface area contributed by atoms with Crippen LogP contribution in [0, 0.1) is 13.1 Å². The van der Waals surface area contributed by atoms with Gasteiger partial charge in [0.05, 0.1) is 40.9 Å². The second-order valence-electron chi connectivity index (χ2n) is 11.9. The molecule has 0 unspecified atom stereocenters. The number of hydrogen-bond donors (Lipinski definition) is 0. The molecule has 4 heteroatoms. The fourth-order valence-electron chi connectivity index (χ4n) is 7.30. The maximum absolute atomic E-state index is 8.21. The molecular weight excluding hydrogens is 585 g/mol. The third kappa shape index (κ3) is 4.07. The van der Waals surface area contributed by atoms with E-state index in [-0.39, 0.29) is 0 Å². The SMILES string of the molecule is [C-]#[N+]c1cc(-c2cccc(-n3c4ccccc4c4ccccc43)c2)cc(-c2ccccc2-n2c3ccccc3c3ccccc32)c1[N+]#[C-]. The van der Waals surface area contributed by atoms with Crippen LogP contribution in [-0.2, 0) is 0 Å². The van der Waals surface area contributed by atoms with Crippen LogP contribution >= 0.6 is 0 Å². The van der Waals surface area contributed by atoms with E-state index in [0.717, 1.165) is 55.7 Å². The Hall–Kier alpha value is -6.88. The average molecular weight is 611 g/mol. The van der Waals surface area contributed by atoms with Gasteiger partial charge in [0, 0.05) is 27.2 Å². The van der Waals surface area contributed by atoms with Crippen molar-refractivity contribution in [2.75, 3.05) is 0 Å². The van der Waals surface area contributed by atoms with E-state index in [1.807, 2.05) is 18.2 Å². The van der Waals surface area contributed by atoms with Crippen LogP contribution in [0.4, 0.5) is 11.4 Å². The van der Waals surface area contributed by atoms with Crippen LogP contribution in [0.25, 0.3) is 86.9 Å². The van der Waals surface area contributed by atoms with Gasteiger partial charge in [-0.1, -0.05) is 115 Å². The second kappa shape index (κ2) is 10.9. The monoisotopic (exact) mass is 610 g/mol. The minimum atomic E-state index is 0.344. The minimum absolute atomic E-state index is 0.344. The molecule has 0 spiro atoms. The molecule has 0 N–H and O–H groups in total. The number of nitrogens with zero attached hydrogens (tertiary/aromatic N) is 4. The number of para-hydroxylation sites is 5. The fraction of sp³-hybridized carbons (Fsp3) is 0. The van der Waals surface area contributed by atoms with E-state index < -0.39 is 0 Å². The second-order valence-corrected chi connectivity index (χ2v) is 11.9. The summed E-state index contributed by atoms with van der Waals surface area (Å²) >= 11 is 0. The van der Waals surface area contributed by atoms with Gasteiger partial charge in [-0.2, -0.15) is 0 Å². The van der Waals surface area contributed by atoms with Gasteiger partial charge in [0.2, 0.25) is 5.69 Å². The van der Waals surface area contributed by atoms with Crippen molar-refractivity contribution in [3.05, 3.63) is 181 Å². The lowest BCUT2D eigenvalue weighted by atomic mass is 9.94. The molecular formula is C44H26N4. The van der Waals surface area contributed by atoms with Gasteiger partial charge in [-0.05, 0) is 64.7 Å². The van der Waals surface area contributed by atoms with E-state index in [4.69, 9.17) is 13.1 Å². The van der Waals surface area contributed by atoms with Crippen molar-refractivity contribution in [1.82, 2.24) is 9.13 Å². The molecule has 0 amide bonds. The molecule has 222 valence electrons. The van der Waals surface area contributed by atoms with Crippen molar-refractivity contribution < 1.29 is 0 Å². The molecule has 0 radical (unpaired) electrons. The smallest absolute Gasteiger partial charge is 0.202 e. The van der Waals surface area contributed by atoms with E-state index in [0.29, 0.717) is 11.4 Å². The number of aromatic nitrogens is 2. The van der Waals surface area contributed by atoms with Crippen molar-refractivity contribution in [2.45, 2.75) is 0 Å². The zero-order valence-electron chi connectivity index (χ0n) is 25.8. The zero-order chi connectivity index (χ0) is 32.2. The first-order valence-corrected chi connectivity index (χ1v) is 15.8. The molecule has 9 aromatic rings. The number of rotatable bonds is 4. The first-order valence-electron chi connectivity index (χ1n) is 15.8. The van der Waals surface area contributed by atoms with E-state index in [1.165, 1.54) is 21.5 Å². The maximum Gasteiger partial charge on any atom is 0.202 e. The molecule has 0 aliphatic rings. The van der Waals surface area contributed by atoms with Crippen LogP contribution < -0.4 is 0 Å². The molecule has 2 aromatic heterocycles. The van der Waals surface area contributed by atoms with Crippen molar-refractivity contribution in [3.63, 3.8) is 0 Å². The average Bonchev–Trinajstić information content (AvgIpc) is 3.67. The lowest BCUT2D eigenvalue weighted by molar-refractivity contribution is 1.18. The standard InChI is InChI=1S/C44H26N4/c1-45-38-28-30(29-14-13-15-31(26-29)47-39-21-8-3-16-32(39)33-17-4-9-22-40(33)47)27-37(44(38)46-2)36-20-7-12-25-43(36)48-41-23-10-5-18-34(41)35-19-6-11-24-42(35)48/h3-28H. The molecule has 48 heavy (non-hydrogen) atoms. The maximum atomic E-state index is 8.21. The van der Waals surface area contributed by atoms with Crippen LogP contribution in [0.3, 0.4) is 0 Å². The van der Waals surface area contributed by atoms with Gasteiger partial charge in [-0.25, -0.2) is 4.85 Å². The molecule has 0 bridgehead atoms. The highest BCUT2D eigenvalue weighted by atomic mass is 15.0. The van der Waals surface area contributed by atoms with Crippen molar-refractivity contribution in [2.24, 2.45) is 0 Å². The lowest BCUT2D eigenvalue weighted by Gasteiger charge is -2.17. The van der Waals surface area contributed by atoms with Gasteiger partial charge in [0.1, 0.15) is 0 Å². The Labute approximate surface area is 277 Å². The molecule has 9 rings (SSSR count). The predicted molar refractivity (Wildman–Crippen MR) is 199 cm³/mol. The van der Waals surface area contributed by atoms with Gasteiger partial charge < -0.3 is 9.13 Å². The molecule has 0 aliphatic heterocycles. The topological polar surface area (TPSA) is 18.6 Å². The van der Waals surface area contributed by atoms with E-state index in [9.17, 15) is 0 Å². The molecule has 2 heterocycles. The lowest BCUT2D eigenvalue weighted by Crippen LogP contribution is -1.97. The fourth-order valence-corrected chi connectivity index (χ4v) is 7.30. The normalized spacial score (nSPS) is 11.3. The van der Waals surface area contributed by atoms with Crippen molar-refractivity contribution in [1.29, 1.82) is 0 Å². The van der Waals surface area contributed by atoms with Crippen LogP contribution in [0.5, 0.6) is 0 Å². The Morgan fingerprint density at radius 2 is 0.917 bits per heavy atom. The first kappa shape index (κ1) is 27.4. The van der Waals surface area contributed by atoms with Crippen molar-refractivity contribution >= 4 is 55.0 Å².